The number of carboxylic acids is 1. The number of esters is 1. The van der Waals surface area contributed by atoms with E-state index in [4.69, 9.17) is 14.3 Å². The minimum Gasteiger partial charge on any atom is -0.481 e. The first-order chi connectivity index (χ1) is 7.81. The van der Waals surface area contributed by atoms with Crippen molar-refractivity contribution in [2.24, 2.45) is 0 Å². The van der Waals surface area contributed by atoms with Crippen LogP contribution in [0.3, 0.4) is 0 Å². The number of carbonyl (C=O) groups is 2. The number of hydrogen-bond acceptors (Lipinski definition) is 4. The zero-order chi connectivity index (χ0) is 13.3. The molecule has 0 aromatic carbocycles. The summed E-state index contributed by atoms with van der Waals surface area (Å²) in [5, 5.41) is 8.40. The number of hydrogen-bond donors (Lipinski definition) is 1. The maximum Gasteiger partial charge on any atom is 0.305 e. The van der Waals surface area contributed by atoms with E-state index in [0.29, 0.717) is 19.4 Å². The van der Waals surface area contributed by atoms with Crippen molar-refractivity contribution in [3.05, 3.63) is 0 Å². The van der Waals surface area contributed by atoms with Gasteiger partial charge in [0.15, 0.2) is 8.32 Å². The van der Waals surface area contributed by atoms with Gasteiger partial charge < -0.3 is 14.3 Å². The summed E-state index contributed by atoms with van der Waals surface area (Å²) < 4.78 is 10.5. The second kappa shape index (κ2) is 8.24. The van der Waals surface area contributed by atoms with Crippen molar-refractivity contribution in [3.8, 4) is 0 Å². The Labute approximate surface area is 103 Å². The monoisotopic (exact) mass is 262 g/mol. The Morgan fingerprint density at radius 3 is 2.18 bits per heavy atom. The predicted octanol–water partition coefficient (Wildman–Crippen LogP) is 2.03. The molecule has 0 saturated heterocycles. The summed E-state index contributed by atoms with van der Waals surface area (Å²) in [6.45, 7) is 6.93. The van der Waals surface area contributed by atoms with Crippen molar-refractivity contribution in [1.82, 2.24) is 0 Å². The van der Waals surface area contributed by atoms with Crippen LogP contribution in [0.2, 0.25) is 19.6 Å². The van der Waals surface area contributed by atoms with E-state index in [9.17, 15) is 9.59 Å². The molecule has 0 unspecified atom stereocenters. The second-order valence-corrected chi connectivity index (χ2v) is 9.30. The molecule has 0 aliphatic carbocycles. The van der Waals surface area contributed by atoms with Gasteiger partial charge in [-0.25, -0.2) is 0 Å². The van der Waals surface area contributed by atoms with Gasteiger partial charge in [-0.3, -0.25) is 9.59 Å². The highest BCUT2D eigenvalue weighted by molar-refractivity contribution is 6.69. The van der Waals surface area contributed by atoms with Crippen molar-refractivity contribution in [2.75, 3.05) is 13.2 Å². The van der Waals surface area contributed by atoms with Gasteiger partial charge >= 0.3 is 11.9 Å². The van der Waals surface area contributed by atoms with Crippen LogP contribution in [-0.4, -0.2) is 38.6 Å². The zero-order valence-corrected chi connectivity index (χ0v) is 11.8. The van der Waals surface area contributed by atoms with Gasteiger partial charge in [0.05, 0.1) is 6.61 Å². The van der Waals surface area contributed by atoms with Gasteiger partial charge in [0, 0.05) is 12.8 Å². The molecule has 100 valence electrons. The Morgan fingerprint density at radius 2 is 1.65 bits per heavy atom. The number of carboxylic acid groups (broad SMARTS) is 1. The topological polar surface area (TPSA) is 72.8 Å². The quantitative estimate of drug-likeness (QED) is 0.391. The Hall–Kier alpha value is -0.883. The molecule has 5 nitrogen and oxygen atoms in total. The van der Waals surface area contributed by atoms with Gasteiger partial charge in [-0.1, -0.05) is 0 Å². The van der Waals surface area contributed by atoms with Crippen LogP contribution >= 0.6 is 0 Å². The molecule has 0 atom stereocenters. The van der Waals surface area contributed by atoms with E-state index in [2.05, 4.69) is 19.6 Å². The lowest BCUT2D eigenvalue weighted by atomic mass is 10.2. The standard InChI is InChI=1S/C11H22O5Si/c1-17(2,3)16-9-8-15-11(14)7-5-4-6-10(12)13/h4-9H2,1-3H3,(H,12,13). The predicted molar refractivity (Wildman–Crippen MR) is 66.4 cm³/mol. The number of aliphatic carboxylic acids is 1. The molecule has 0 heterocycles. The lowest BCUT2D eigenvalue weighted by Gasteiger charge is -2.16. The van der Waals surface area contributed by atoms with Crippen LogP contribution in [0.15, 0.2) is 0 Å². The second-order valence-electron chi connectivity index (χ2n) is 4.78. The van der Waals surface area contributed by atoms with Crippen LogP contribution in [0.5, 0.6) is 0 Å². The molecule has 0 aliphatic heterocycles. The highest BCUT2D eigenvalue weighted by Crippen LogP contribution is 2.03. The normalized spacial score (nSPS) is 11.2. The first-order valence-electron chi connectivity index (χ1n) is 5.82. The first kappa shape index (κ1) is 16.1. The zero-order valence-electron chi connectivity index (χ0n) is 10.8. The van der Waals surface area contributed by atoms with E-state index >= 15 is 0 Å². The van der Waals surface area contributed by atoms with Crippen molar-refractivity contribution >= 4 is 20.3 Å². The maximum atomic E-state index is 11.2. The van der Waals surface area contributed by atoms with Crippen molar-refractivity contribution in [3.63, 3.8) is 0 Å². The highest BCUT2D eigenvalue weighted by Gasteiger charge is 2.13. The van der Waals surface area contributed by atoms with E-state index in [0.717, 1.165) is 0 Å². The van der Waals surface area contributed by atoms with Crippen LogP contribution in [0.4, 0.5) is 0 Å². The third-order valence-electron chi connectivity index (χ3n) is 1.90. The number of carbonyl (C=O) groups excluding carboxylic acids is 1. The summed E-state index contributed by atoms with van der Waals surface area (Å²) in [7, 11) is -1.53. The average Bonchev–Trinajstić information content (AvgIpc) is 2.18. The number of unbranched alkanes of at least 4 members (excludes halogenated alkanes) is 1. The molecule has 0 aromatic heterocycles. The highest BCUT2D eigenvalue weighted by atomic mass is 28.4. The summed E-state index contributed by atoms with van der Waals surface area (Å²) in [4.78, 5) is 21.4. The lowest BCUT2D eigenvalue weighted by molar-refractivity contribution is -0.145. The van der Waals surface area contributed by atoms with Gasteiger partial charge in [0.25, 0.3) is 0 Å². The van der Waals surface area contributed by atoms with Gasteiger partial charge in [-0.05, 0) is 32.5 Å². The fraction of sp³-hybridized carbons (Fsp3) is 0.818. The van der Waals surface area contributed by atoms with Gasteiger partial charge in [0.1, 0.15) is 6.61 Å². The molecule has 17 heavy (non-hydrogen) atoms. The summed E-state index contributed by atoms with van der Waals surface area (Å²) in [6.07, 6.45) is 1.45. The Morgan fingerprint density at radius 1 is 1.06 bits per heavy atom. The molecule has 1 N–H and O–H groups in total. The van der Waals surface area contributed by atoms with Crippen molar-refractivity contribution in [1.29, 1.82) is 0 Å². The number of ether oxygens (including phenoxy) is 1. The molecule has 0 fully saturated rings. The minimum absolute atomic E-state index is 0.103. The van der Waals surface area contributed by atoms with Crippen molar-refractivity contribution in [2.45, 2.75) is 45.3 Å². The van der Waals surface area contributed by atoms with E-state index in [1.54, 1.807) is 0 Å². The molecule has 0 amide bonds. The van der Waals surface area contributed by atoms with Crippen LogP contribution < -0.4 is 0 Å². The van der Waals surface area contributed by atoms with Crippen LogP contribution in [0.25, 0.3) is 0 Å². The summed E-state index contributed by atoms with van der Waals surface area (Å²) >= 11 is 0. The molecule has 0 rings (SSSR count). The van der Waals surface area contributed by atoms with E-state index in [1.165, 1.54) is 0 Å². The fourth-order valence-corrected chi connectivity index (χ4v) is 1.82. The van der Waals surface area contributed by atoms with Crippen LogP contribution in [0, 0.1) is 0 Å². The lowest BCUT2D eigenvalue weighted by Crippen LogP contribution is -2.27. The average molecular weight is 262 g/mol. The fourth-order valence-electron chi connectivity index (χ4n) is 1.12. The van der Waals surface area contributed by atoms with E-state index in [1.807, 2.05) is 0 Å². The van der Waals surface area contributed by atoms with E-state index < -0.39 is 14.3 Å². The summed E-state index contributed by atoms with van der Waals surface area (Å²) in [5.74, 6) is -1.11. The molecule has 0 radical (unpaired) electrons. The van der Waals surface area contributed by atoms with Crippen molar-refractivity contribution < 1.29 is 23.9 Å². The Balaban J connectivity index is 3.38. The SMILES string of the molecule is C[Si](C)(C)OCCOC(=O)CCCCC(=O)O. The molecule has 6 heteroatoms. The summed E-state index contributed by atoms with van der Waals surface area (Å²) in [5.41, 5.74) is 0. The molecular weight excluding hydrogens is 240 g/mol. The molecule has 0 saturated carbocycles. The smallest absolute Gasteiger partial charge is 0.305 e. The first-order valence-corrected chi connectivity index (χ1v) is 9.23. The van der Waals surface area contributed by atoms with Crippen LogP contribution in [-0.2, 0) is 18.8 Å². The van der Waals surface area contributed by atoms with Gasteiger partial charge in [0.2, 0.25) is 0 Å². The third-order valence-corrected chi connectivity index (χ3v) is 2.97. The molecular formula is C11H22O5Si. The molecule has 0 bridgehead atoms. The minimum atomic E-state index is -1.53. The summed E-state index contributed by atoms with van der Waals surface area (Å²) in [6, 6.07) is 0. The largest absolute Gasteiger partial charge is 0.481 e. The van der Waals surface area contributed by atoms with Gasteiger partial charge in [-0.2, -0.15) is 0 Å². The number of rotatable bonds is 9. The molecule has 0 aromatic rings. The third kappa shape index (κ3) is 13.1. The van der Waals surface area contributed by atoms with E-state index in [-0.39, 0.29) is 25.4 Å². The van der Waals surface area contributed by atoms with Crippen LogP contribution in [0.1, 0.15) is 25.7 Å². The van der Waals surface area contributed by atoms with Gasteiger partial charge in [-0.15, -0.1) is 0 Å². The Bertz CT molecular complexity index is 247. The molecule has 0 spiro atoms. The Kier molecular flexibility index (Phi) is 7.82. The molecule has 0 aliphatic rings. The maximum absolute atomic E-state index is 11.2.